The standard InChI is InChI=1S/C17H12N4O3/c18-7-11-1-3-12(4-2-11)20-17(22)8-21-9-19-13-5-15-16(6-14(13)21)24-10-23-15/h1-6,9H,8,10H2,(H,20,22). The number of fused-ring (bicyclic) bond motifs is 2. The van der Waals surface area contributed by atoms with Crippen molar-refractivity contribution in [2.45, 2.75) is 6.54 Å². The number of amides is 1. The summed E-state index contributed by atoms with van der Waals surface area (Å²) < 4.78 is 12.4. The molecule has 0 fully saturated rings. The van der Waals surface area contributed by atoms with Crippen molar-refractivity contribution in [1.29, 1.82) is 5.26 Å². The lowest BCUT2D eigenvalue weighted by Gasteiger charge is -2.07. The second-order valence-electron chi connectivity index (χ2n) is 5.30. The molecule has 24 heavy (non-hydrogen) atoms. The Labute approximate surface area is 137 Å². The van der Waals surface area contributed by atoms with Crippen LogP contribution in [0.1, 0.15) is 5.56 Å². The first-order chi connectivity index (χ1) is 11.7. The second-order valence-corrected chi connectivity index (χ2v) is 5.30. The van der Waals surface area contributed by atoms with Crippen LogP contribution in [0.2, 0.25) is 0 Å². The number of hydrogen-bond donors (Lipinski definition) is 1. The van der Waals surface area contributed by atoms with Gasteiger partial charge in [0.05, 0.1) is 29.0 Å². The highest BCUT2D eigenvalue weighted by molar-refractivity contribution is 5.92. The SMILES string of the molecule is N#Cc1ccc(NC(=O)Cn2cnc3cc4c(cc32)OCO4)cc1. The van der Waals surface area contributed by atoms with Crippen LogP contribution in [0.15, 0.2) is 42.7 Å². The van der Waals surface area contributed by atoms with Gasteiger partial charge >= 0.3 is 0 Å². The van der Waals surface area contributed by atoms with Crippen molar-refractivity contribution in [2.75, 3.05) is 12.1 Å². The molecule has 0 radical (unpaired) electrons. The highest BCUT2D eigenvalue weighted by Gasteiger charge is 2.17. The maximum absolute atomic E-state index is 12.2. The molecule has 1 amide bonds. The molecule has 0 atom stereocenters. The van der Waals surface area contributed by atoms with Gasteiger partial charge in [0.1, 0.15) is 6.54 Å². The Hall–Kier alpha value is -3.53. The van der Waals surface area contributed by atoms with Crippen molar-refractivity contribution in [1.82, 2.24) is 9.55 Å². The van der Waals surface area contributed by atoms with Crippen LogP contribution in [-0.4, -0.2) is 22.3 Å². The highest BCUT2D eigenvalue weighted by atomic mass is 16.7. The molecule has 118 valence electrons. The summed E-state index contributed by atoms with van der Waals surface area (Å²) in [5, 5.41) is 11.6. The topological polar surface area (TPSA) is 89.2 Å². The third kappa shape index (κ3) is 2.50. The number of anilines is 1. The number of aromatic nitrogens is 2. The van der Waals surface area contributed by atoms with Gasteiger partial charge in [-0.05, 0) is 24.3 Å². The average molecular weight is 320 g/mol. The number of nitrogens with one attached hydrogen (secondary N) is 1. The van der Waals surface area contributed by atoms with Crippen molar-refractivity contribution < 1.29 is 14.3 Å². The molecule has 2 aromatic carbocycles. The lowest BCUT2D eigenvalue weighted by Crippen LogP contribution is -2.18. The number of imidazole rings is 1. The maximum atomic E-state index is 12.2. The summed E-state index contributed by atoms with van der Waals surface area (Å²) in [6.45, 7) is 0.317. The van der Waals surface area contributed by atoms with Gasteiger partial charge in [-0.15, -0.1) is 0 Å². The van der Waals surface area contributed by atoms with Crippen molar-refractivity contribution in [3.8, 4) is 17.6 Å². The largest absolute Gasteiger partial charge is 0.454 e. The molecule has 0 unspecified atom stereocenters. The Bertz CT molecular complexity index is 970. The van der Waals surface area contributed by atoms with Crippen LogP contribution in [0.5, 0.6) is 11.5 Å². The Morgan fingerprint density at radius 1 is 1.25 bits per heavy atom. The fourth-order valence-corrected chi connectivity index (χ4v) is 2.56. The first kappa shape index (κ1) is 14.1. The van der Waals surface area contributed by atoms with Crippen molar-refractivity contribution in [3.05, 3.63) is 48.3 Å². The van der Waals surface area contributed by atoms with Crippen molar-refractivity contribution in [2.24, 2.45) is 0 Å². The number of rotatable bonds is 3. The number of carbonyl (C=O) groups excluding carboxylic acids is 1. The number of carbonyl (C=O) groups is 1. The van der Waals surface area contributed by atoms with E-state index in [9.17, 15) is 4.79 Å². The quantitative estimate of drug-likeness (QED) is 0.799. The van der Waals surface area contributed by atoms with Gasteiger partial charge in [0.15, 0.2) is 11.5 Å². The number of benzene rings is 2. The summed E-state index contributed by atoms with van der Waals surface area (Å²) >= 11 is 0. The van der Waals surface area contributed by atoms with Gasteiger partial charge in [-0.2, -0.15) is 5.26 Å². The van der Waals surface area contributed by atoms with Crippen LogP contribution in [0, 0.1) is 11.3 Å². The van der Waals surface area contributed by atoms with Crippen molar-refractivity contribution in [3.63, 3.8) is 0 Å². The lowest BCUT2D eigenvalue weighted by molar-refractivity contribution is -0.116. The van der Waals surface area contributed by atoms with Crippen LogP contribution >= 0.6 is 0 Å². The molecule has 7 heteroatoms. The minimum Gasteiger partial charge on any atom is -0.454 e. The van der Waals surface area contributed by atoms with Gasteiger partial charge in [0.2, 0.25) is 12.7 Å². The van der Waals surface area contributed by atoms with E-state index in [2.05, 4.69) is 10.3 Å². The fourth-order valence-electron chi connectivity index (χ4n) is 2.56. The Morgan fingerprint density at radius 3 is 2.75 bits per heavy atom. The minimum atomic E-state index is -0.184. The molecule has 0 aliphatic carbocycles. The number of nitrogens with zero attached hydrogens (tertiary/aromatic N) is 3. The second kappa shape index (κ2) is 5.59. The highest BCUT2D eigenvalue weighted by Crippen LogP contribution is 2.35. The molecule has 0 bridgehead atoms. The van der Waals surface area contributed by atoms with Gasteiger partial charge in [0.25, 0.3) is 0 Å². The normalized spacial score (nSPS) is 12.1. The first-order valence-corrected chi connectivity index (χ1v) is 7.27. The molecule has 1 aliphatic heterocycles. The van der Waals surface area contributed by atoms with Gasteiger partial charge in [-0.3, -0.25) is 4.79 Å². The summed E-state index contributed by atoms with van der Waals surface area (Å²) in [5.41, 5.74) is 2.73. The van der Waals surface area contributed by atoms with E-state index in [-0.39, 0.29) is 19.2 Å². The zero-order chi connectivity index (χ0) is 16.5. The van der Waals surface area contributed by atoms with Gasteiger partial charge in [0, 0.05) is 17.8 Å². The predicted octanol–water partition coefficient (Wildman–Crippen LogP) is 2.28. The van der Waals surface area contributed by atoms with E-state index in [4.69, 9.17) is 14.7 Å². The molecular formula is C17H12N4O3. The summed E-state index contributed by atoms with van der Waals surface area (Å²) in [5.74, 6) is 1.13. The molecule has 4 rings (SSSR count). The maximum Gasteiger partial charge on any atom is 0.244 e. The molecular weight excluding hydrogens is 308 g/mol. The van der Waals surface area contributed by atoms with Gasteiger partial charge < -0.3 is 19.4 Å². The average Bonchev–Trinajstić information content (AvgIpc) is 3.20. The molecule has 2 heterocycles. The van der Waals surface area contributed by atoms with Crippen LogP contribution < -0.4 is 14.8 Å². The molecule has 0 saturated carbocycles. The van der Waals surface area contributed by atoms with E-state index in [1.54, 1.807) is 41.2 Å². The summed E-state index contributed by atoms with van der Waals surface area (Å²) in [6.07, 6.45) is 1.61. The summed E-state index contributed by atoms with van der Waals surface area (Å²) in [6, 6.07) is 12.4. The molecule has 7 nitrogen and oxygen atoms in total. The molecule has 1 aromatic heterocycles. The minimum absolute atomic E-state index is 0.121. The van der Waals surface area contributed by atoms with E-state index in [0.29, 0.717) is 22.7 Å². The van der Waals surface area contributed by atoms with Crippen LogP contribution in [-0.2, 0) is 11.3 Å². The predicted molar refractivity (Wildman–Crippen MR) is 85.6 cm³/mol. The Balaban J connectivity index is 1.53. The van der Waals surface area contributed by atoms with E-state index in [1.807, 2.05) is 12.1 Å². The molecule has 1 aliphatic rings. The molecule has 0 spiro atoms. The van der Waals surface area contributed by atoms with E-state index in [1.165, 1.54) is 0 Å². The lowest BCUT2D eigenvalue weighted by atomic mass is 10.2. The zero-order valence-corrected chi connectivity index (χ0v) is 12.5. The van der Waals surface area contributed by atoms with E-state index < -0.39 is 0 Å². The Kier molecular flexibility index (Phi) is 3.28. The molecule has 3 aromatic rings. The fraction of sp³-hybridized carbons (Fsp3) is 0.118. The van der Waals surface area contributed by atoms with Crippen LogP contribution in [0.4, 0.5) is 5.69 Å². The number of hydrogen-bond acceptors (Lipinski definition) is 5. The Morgan fingerprint density at radius 2 is 2.00 bits per heavy atom. The van der Waals surface area contributed by atoms with Crippen LogP contribution in [0.25, 0.3) is 11.0 Å². The number of ether oxygens (including phenoxy) is 2. The van der Waals surface area contributed by atoms with E-state index >= 15 is 0 Å². The van der Waals surface area contributed by atoms with Gasteiger partial charge in [-0.25, -0.2) is 4.98 Å². The van der Waals surface area contributed by atoms with E-state index in [0.717, 1.165) is 11.0 Å². The number of nitriles is 1. The summed E-state index contributed by atoms with van der Waals surface area (Å²) in [7, 11) is 0. The zero-order valence-electron chi connectivity index (χ0n) is 12.5. The molecule has 1 N–H and O–H groups in total. The van der Waals surface area contributed by atoms with Gasteiger partial charge in [-0.1, -0.05) is 0 Å². The smallest absolute Gasteiger partial charge is 0.244 e. The van der Waals surface area contributed by atoms with Crippen molar-refractivity contribution >= 4 is 22.6 Å². The third-order valence-electron chi connectivity index (χ3n) is 3.73. The first-order valence-electron chi connectivity index (χ1n) is 7.27. The van der Waals surface area contributed by atoms with Crippen LogP contribution in [0.3, 0.4) is 0 Å². The molecule has 0 saturated heterocycles. The monoisotopic (exact) mass is 320 g/mol. The summed E-state index contributed by atoms with van der Waals surface area (Å²) in [4.78, 5) is 16.5. The third-order valence-corrected chi connectivity index (χ3v) is 3.73.